The molecule has 0 amide bonds. The molecule has 0 fully saturated rings. The predicted molar refractivity (Wildman–Crippen MR) is 119 cm³/mol. The zero-order chi connectivity index (χ0) is 21.5. The molecule has 0 aliphatic heterocycles. The van der Waals surface area contributed by atoms with Gasteiger partial charge in [-0.05, 0) is 47.2 Å². The van der Waals surface area contributed by atoms with Gasteiger partial charge in [-0.15, -0.1) is 5.10 Å². The van der Waals surface area contributed by atoms with E-state index in [9.17, 15) is 4.79 Å². The Bertz CT molecular complexity index is 1450. The zero-order valence-corrected chi connectivity index (χ0v) is 18.3. The van der Waals surface area contributed by atoms with Crippen LogP contribution in [0.2, 0.25) is 5.22 Å². The molecule has 0 saturated carbocycles. The van der Waals surface area contributed by atoms with Crippen molar-refractivity contribution >= 4 is 34.3 Å². The summed E-state index contributed by atoms with van der Waals surface area (Å²) in [4.78, 5) is 13.3. The van der Waals surface area contributed by atoms with Gasteiger partial charge < -0.3 is 4.42 Å². The molecule has 10 heteroatoms. The van der Waals surface area contributed by atoms with Gasteiger partial charge in [-0.1, -0.05) is 48.2 Å². The van der Waals surface area contributed by atoms with Gasteiger partial charge in [-0.3, -0.25) is 9.48 Å². The van der Waals surface area contributed by atoms with E-state index in [0.717, 1.165) is 27.9 Å². The lowest BCUT2D eigenvalue weighted by Gasteiger charge is -2.07. The number of para-hydroxylation sites is 2. The number of fused-ring (bicyclic) bond motifs is 1. The lowest BCUT2D eigenvalue weighted by atomic mass is 10.2. The summed E-state index contributed by atoms with van der Waals surface area (Å²) in [6.45, 7) is 1.87. The third-order valence-electron chi connectivity index (χ3n) is 5.17. The second-order valence-electron chi connectivity index (χ2n) is 6.92. The van der Waals surface area contributed by atoms with Crippen LogP contribution >= 0.6 is 23.4 Å². The number of nitrogens with zero attached hydrogens (tertiary/aromatic N) is 6. The third kappa shape index (κ3) is 3.26. The number of rotatable bonds is 5. The van der Waals surface area contributed by atoms with Crippen molar-refractivity contribution in [1.29, 1.82) is 0 Å². The highest BCUT2D eigenvalue weighted by molar-refractivity contribution is 7.98. The van der Waals surface area contributed by atoms with E-state index in [1.54, 1.807) is 9.36 Å². The Balaban J connectivity index is 1.53. The largest absolute Gasteiger partial charge is 0.444 e. The Morgan fingerprint density at radius 1 is 1.10 bits per heavy atom. The Morgan fingerprint density at radius 2 is 1.84 bits per heavy atom. The molecule has 0 spiro atoms. The monoisotopic (exact) mass is 452 g/mol. The summed E-state index contributed by atoms with van der Waals surface area (Å²) in [5, 5.41) is 13.8. The van der Waals surface area contributed by atoms with Gasteiger partial charge in [0.15, 0.2) is 10.9 Å². The van der Waals surface area contributed by atoms with Gasteiger partial charge >= 0.3 is 0 Å². The van der Waals surface area contributed by atoms with E-state index in [2.05, 4.69) is 15.5 Å². The smallest absolute Gasteiger partial charge is 0.297 e. The van der Waals surface area contributed by atoms with Crippen molar-refractivity contribution in [1.82, 2.24) is 29.6 Å². The second-order valence-corrected chi connectivity index (χ2v) is 8.21. The van der Waals surface area contributed by atoms with Crippen LogP contribution in [0.1, 0.15) is 11.3 Å². The van der Waals surface area contributed by atoms with E-state index >= 15 is 0 Å². The Morgan fingerprint density at radius 3 is 2.65 bits per heavy atom. The highest BCUT2D eigenvalue weighted by atomic mass is 35.5. The average Bonchev–Trinajstić information content (AvgIpc) is 3.42. The van der Waals surface area contributed by atoms with E-state index in [1.165, 1.54) is 16.4 Å². The fraction of sp³-hybridized carbons (Fsp3) is 0.143. The van der Waals surface area contributed by atoms with Crippen molar-refractivity contribution in [2.75, 3.05) is 0 Å². The SMILES string of the molecule is Cc1c(-n2nnnc2SCc2c(Cl)oc3ccccc23)c(=O)n(-c2ccccc2)n1C. The van der Waals surface area contributed by atoms with Gasteiger partial charge in [0.05, 0.1) is 11.4 Å². The molecule has 2 aromatic carbocycles. The molecule has 5 aromatic rings. The van der Waals surface area contributed by atoms with Crippen LogP contribution in [0.25, 0.3) is 22.3 Å². The summed E-state index contributed by atoms with van der Waals surface area (Å²) in [5.74, 6) is 0.495. The molecule has 0 saturated heterocycles. The first-order valence-corrected chi connectivity index (χ1v) is 10.8. The van der Waals surface area contributed by atoms with E-state index in [4.69, 9.17) is 16.0 Å². The predicted octanol–water partition coefficient (Wildman–Crippen LogP) is 4.15. The van der Waals surface area contributed by atoms with Crippen molar-refractivity contribution in [3.63, 3.8) is 0 Å². The fourth-order valence-corrected chi connectivity index (χ4v) is 4.78. The van der Waals surface area contributed by atoms with Crippen LogP contribution in [0.4, 0.5) is 0 Å². The number of halogens is 1. The number of tetrazole rings is 1. The molecule has 5 rings (SSSR count). The summed E-state index contributed by atoms with van der Waals surface area (Å²) in [5.41, 5.74) is 3.31. The quantitative estimate of drug-likeness (QED) is 0.372. The maximum Gasteiger partial charge on any atom is 0.297 e. The van der Waals surface area contributed by atoms with Crippen LogP contribution in [0.15, 0.2) is 69.0 Å². The molecule has 8 nitrogen and oxygen atoms in total. The zero-order valence-electron chi connectivity index (χ0n) is 16.7. The van der Waals surface area contributed by atoms with Crippen molar-refractivity contribution in [2.24, 2.45) is 7.05 Å². The molecule has 0 bridgehead atoms. The van der Waals surface area contributed by atoms with E-state index in [0.29, 0.717) is 21.8 Å². The summed E-state index contributed by atoms with van der Waals surface area (Å²) < 4.78 is 10.5. The minimum Gasteiger partial charge on any atom is -0.444 e. The summed E-state index contributed by atoms with van der Waals surface area (Å²) in [6.07, 6.45) is 0. The van der Waals surface area contributed by atoms with Gasteiger partial charge in [-0.25, -0.2) is 4.68 Å². The number of furan rings is 1. The minimum absolute atomic E-state index is 0.202. The molecular weight excluding hydrogens is 436 g/mol. The van der Waals surface area contributed by atoms with Crippen molar-refractivity contribution < 1.29 is 4.42 Å². The lowest BCUT2D eigenvalue weighted by Crippen LogP contribution is -2.22. The van der Waals surface area contributed by atoms with Gasteiger partial charge in [-0.2, -0.15) is 4.68 Å². The molecule has 0 aliphatic carbocycles. The van der Waals surface area contributed by atoms with E-state index in [-0.39, 0.29) is 5.56 Å². The van der Waals surface area contributed by atoms with Gasteiger partial charge in [0, 0.05) is 23.8 Å². The third-order valence-corrected chi connectivity index (χ3v) is 6.42. The number of aromatic nitrogens is 6. The lowest BCUT2D eigenvalue weighted by molar-refractivity contribution is 0.615. The first-order chi connectivity index (χ1) is 15.1. The van der Waals surface area contributed by atoms with Crippen molar-refractivity contribution in [3.05, 3.63) is 81.4 Å². The number of thioether (sulfide) groups is 1. The highest BCUT2D eigenvalue weighted by Gasteiger charge is 2.22. The number of hydrogen-bond donors (Lipinski definition) is 0. The molecule has 3 aromatic heterocycles. The summed E-state index contributed by atoms with van der Waals surface area (Å²) in [6, 6.07) is 17.1. The molecule has 156 valence electrons. The fourth-order valence-electron chi connectivity index (χ4n) is 3.55. The Hall–Kier alpha value is -3.30. The molecule has 31 heavy (non-hydrogen) atoms. The van der Waals surface area contributed by atoms with E-state index < -0.39 is 0 Å². The van der Waals surface area contributed by atoms with Crippen molar-refractivity contribution in [3.8, 4) is 11.4 Å². The van der Waals surface area contributed by atoms with Crippen LogP contribution in [-0.2, 0) is 12.8 Å². The normalized spacial score (nSPS) is 11.5. The molecule has 0 N–H and O–H groups in total. The Kier molecular flexibility index (Phi) is 4.91. The maximum absolute atomic E-state index is 13.3. The standard InChI is InChI=1S/C21H17ClN6O2S/c1-13-18(20(29)28(26(13)2)14-8-4-3-5-9-14)27-21(23-24-25-27)31-12-16-15-10-6-7-11-17(15)30-19(16)22/h3-11H,12H2,1-2H3. The molecule has 0 aliphatic rings. The van der Waals surface area contributed by atoms with Crippen LogP contribution in [0, 0.1) is 6.92 Å². The summed E-state index contributed by atoms with van der Waals surface area (Å²) in [7, 11) is 1.84. The van der Waals surface area contributed by atoms with Gasteiger partial charge in [0.25, 0.3) is 5.56 Å². The molecular formula is C21H17ClN6O2S. The number of hydrogen-bond acceptors (Lipinski definition) is 6. The first-order valence-electron chi connectivity index (χ1n) is 9.47. The second kappa shape index (κ2) is 7.75. The summed E-state index contributed by atoms with van der Waals surface area (Å²) >= 11 is 7.70. The highest BCUT2D eigenvalue weighted by Crippen LogP contribution is 2.34. The van der Waals surface area contributed by atoms with Crippen LogP contribution in [0.3, 0.4) is 0 Å². The van der Waals surface area contributed by atoms with Gasteiger partial charge in [0.2, 0.25) is 5.16 Å². The first kappa shape index (κ1) is 19.7. The minimum atomic E-state index is -0.202. The molecule has 0 atom stereocenters. The molecule has 0 radical (unpaired) electrons. The molecule has 3 heterocycles. The Labute approximate surface area is 186 Å². The van der Waals surface area contributed by atoms with Crippen LogP contribution in [-0.4, -0.2) is 29.6 Å². The van der Waals surface area contributed by atoms with Crippen LogP contribution in [0.5, 0.6) is 0 Å². The van der Waals surface area contributed by atoms with E-state index in [1.807, 2.05) is 68.6 Å². The van der Waals surface area contributed by atoms with Crippen LogP contribution < -0.4 is 5.56 Å². The van der Waals surface area contributed by atoms with Gasteiger partial charge in [0.1, 0.15) is 5.58 Å². The maximum atomic E-state index is 13.3. The topological polar surface area (TPSA) is 83.7 Å². The van der Waals surface area contributed by atoms with Crippen molar-refractivity contribution in [2.45, 2.75) is 17.8 Å². The molecule has 0 unspecified atom stereocenters. The average molecular weight is 453 g/mol. The number of benzene rings is 2.